The molecule has 0 spiro atoms. The van der Waals surface area contributed by atoms with Gasteiger partial charge in [-0.3, -0.25) is 9.48 Å². The maximum Gasteiger partial charge on any atom is 0.255 e. The van der Waals surface area contributed by atoms with E-state index in [2.05, 4.69) is 14.5 Å². The van der Waals surface area contributed by atoms with Gasteiger partial charge in [-0.15, -0.1) is 0 Å². The molecule has 4 heterocycles. The molecule has 0 aromatic carbocycles. The fourth-order valence-electron chi connectivity index (χ4n) is 3.31. The lowest BCUT2D eigenvalue weighted by Gasteiger charge is -2.35. The van der Waals surface area contributed by atoms with Gasteiger partial charge >= 0.3 is 0 Å². The first-order valence-corrected chi connectivity index (χ1v) is 9.00. The summed E-state index contributed by atoms with van der Waals surface area (Å²) in [6.45, 7) is 3.49. The van der Waals surface area contributed by atoms with Gasteiger partial charge in [0.15, 0.2) is 0 Å². The van der Waals surface area contributed by atoms with Gasteiger partial charge in [-0.25, -0.2) is 4.98 Å². The Balaban J connectivity index is 1.61. The second-order valence-corrected chi connectivity index (χ2v) is 6.97. The Morgan fingerprint density at radius 3 is 3.17 bits per heavy atom. The average molecular weight is 341 g/mol. The van der Waals surface area contributed by atoms with Crippen LogP contribution in [-0.2, 0) is 6.54 Å². The van der Waals surface area contributed by atoms with Crippen LogP contribution in [0.25, 0.3) is 10.2 Å². The van der Waals surface area contributed by atoms with E-state index in [-0.39, 0.29) is 11.9 Å². The summed E-state index contributed by atoms with van der Waals surface area (Å²) >= 11 is 1.38. The molecule has 1 saturated heterocycles. The molecule has 6 nitrogen and oxygen atoms in total. The lowest BCUT2D eigenvalue weighted by atomic mass is 10.0. The Bertz CT molecular complexity index is 857. The fraction of sp³-hybridized carbons (Fsp3) is 0.412. The van der Waals surface area contributed by atoms with Crippen LogP contribution in [-0.4, -0.2) is 42.5 Å². The molecule has 0 radical (unpaired) electrons. The predicted molar refractivity (Wildman–Crippen MR) is 93.1 cm³/mol. The minimum atomic E-state index is 0.0619. The van der Waals surface area contributed by atoms with Gasteiger partial charge in [-0.1, -0.05) is 0 Å². The molecule has 24 heavy (non-hydrogen) atoms. The molecule has 7 heteroatoms. The molecule has 3 aromatic rings. The Morgan fingerprint density at radius 2 is 2.33 bits per heavy atom. The third-order valence-corrected chi connectivity index (χ3v) is 5.47. The lowest BCUT2D eigenvalue weighted by Crippen LogP contribution is -2.46. The average Bonchev–Trinajstić information content (AvgIpc) is 3.25. The quantitative estimate of drug-likeness (QED) is 0.735. The molecule has 1 unspecified atom stereocenters. The number of hydrogen-bond acceptors (Lipinski definition) is 5. The second kappa shape index (κ2) is 6.32. The normalized spacial score (nSPS) is 18.2. The number of rotatable bonds is 3. The van der Waals surface area contributed by atoms with E-state index < -0.39 is 0 Å². The number of fused-ring (bicyclic) bond motifs is 1. The number of nitrogens with zero attached hydrogens (tertiary/aromatic N) is 5. The zero-order valence-electron chi connectivity index (χ0n) is 13.6. The van der Waals surface area contributed by atoms with Crippen molar-refractivity contribution in [3.8, 4) is 0 Å². The van der Waals surface area contributed by atoms with Gasteiger partial charge in [0.1, 0.15) is 4.83 Å². The molecule has 1 fully saturated rings. The first-order chi connectivity index (χ1) is 11.7. The van der Waals surface area contributed by atoms with Crippen molar-refractivity contribution in [1.29, 1.82) is 0 Å². The highest BCUT2D eigenvalue weighted by molar-refractivity contribution is 7.12. The van der Waals surface area contributed by atoms with Crippen LogP contribution in [0.1, 0.15) is 35.3 Å². The monoisotopic (exact) mass is 341 g/mol. The SMILES string of the molecule is Cc1nsc2ncc(C(=O)N3CCCCC3Cn3cccn3)cc12. The molecule has 0 bridgehead atoms. The van der Waals surface area contributed by atoms with Crippen LogP contribution in [0.15, 0.2) is 30.7 Å². The van der Waals surface area contributed by atoms with Crippen molar-refractivity contribution in [2.24, 2.45) is 0 Å². The topological polar surface area (TPSA) is 63.9 Å². The van der Waals surface area contributed by atoms with Crippen LogP contribution < -0.4 is 0 Å². The number of pyridine rings is 1. The molecule has 3 aromatic heterocycles. The van der Waals surface area contributed by atoms with E-state index in [9.17, 15) is 4.79 Å². The van der Waals surface area contributed by atoms with Crippen molar-refractivity contribution >= 4 is 27.7 Å². The van der Waals surface area contributed by atoms with E-state index in [1.165, 1.54) is 11.5 Å². The zero-order chi connectivity index (χ0) is 16.5. The Morgan fingerprint density at radius 1 is 1.42 bits per heavy atom. The maximum absolute atomic E-state index is 13.1. The largest absolute Gasteiger partial charge is 0.334 e. The molecule has 0 aliphatic carbocycles. The van der Waals surface area contributed by atoms with E-state index in [1.807, 2.05) is 34.8 Å². The van der Waals surface area contributed by atoms with Gasteiger partial charge in [-0.2, -0.15) is 9.47 Å². The summed E-state index contributed by atoms with van der Waals surface area (Å²) in [6.07, 6.45) is 8.63. The van der Waals surface area contributed by atoms with Crippen LogP contribution in [0.5, 0.6) is 0 Å². The minimum absolute atomic E-state index is 0.0619. The summed E-state index contributed by atoms with van der Waals surface area (Å²) in [5, 5.41) is 5.26. The van der Waals surface area contributed by atoms with Gasteiger partial charge in [0.05, 0.1) is 23.8 Å². The zero-order valence-corrected chi connectivity index (χ0v) is 14.4. The molecule has 4 rings (SSSR count). The van der Waals surface area contributed by atoms with Gasteiger partial charge < -0.3 is 4.90 Å². The fourth-order valence-corrected chi connectivity index (χ4v) is 4.04. The standard InChI is InChI=1S/C17H19N5OS/c1-12-15-9-13(10-18-16(15)24-20-12)17(23)22-8-3-2-5-14(22)11-21-7-4-6-19-21/h4,6-7,9-10,14H,2-3,5,8,11H2,1H3. The van der Waals surface area contributed by atoms with E-state index in [0.29, 0.717) is 5.56 Å². The van der Waals surface area contributed by atoms with E-state index in [0.717, 1.165) is 48.3 Å². The minimum Gasteiger partial charge on any atom is -0.334 e. The number of carbonyl (C=O) groups excluding carboxylic acids is 1. The molecule has 0 saturated carbocycles. The first-order valence-electron chi connectivity index (χ1n) is 8.23. The van der Waals surface area contributed by atoms with Crippen molar-refractivity contribution in [2.75, 3.05) is 6.54 Å². The number of likely N-dealkylation sites (tertiary alicyclic amines) is 1. The first kappa shape index (κ1) is 15.3. The number of amides is 1. The summed E-state index contributed by atoms with van der Waals surface area (Å²) in [6, 6.07) is 4.03. The molecule has 1 aliphatic rings. The summed E-state index contributed by atoms with van der Waals surface area (Å²) in [5.41, 5.74) is 1.59. The van der Waals surface area contributed by atoms with Gasteiger partial charge in [0.2, 0.25) is 0 Å². The van der Waals surface area contributed by atoms with Crippen molar-refractivity contribution in [3.05, 3.63) is 42.0 Å². The van der Waals surface area contributed by atoms with Gasteiger partial charge in [0.25, 0.3) is 5.91 Å². The van der Waals surface area contributed by atoms with Crippen LogP contribution in [0.4, 0.5) is 0 Å². The molecule has 1 atom stereocenters. The summed E-state index contributed by atoms with van der Waals surface area (Å²) in [5.74, 6) is 0.0619. The third kappa shape index (κ3) is 2.80. The highest BCUT2D eigenvalue weighted by atomic mass is 32.1. The lowest BCUT2D eigenvalue weighted by molar-refractivity contribution is 0.0583. The Kier molecular flexibility index (Phi) is 4.02. The van der Waals surface area contributed by atoms with E-state index in [4.69, 9.17) is 0 Å². The Labute approximate surface area is 144 Å². The van der Waals surface area contributed by atoms with Crippen LogP contribution >= 0.6 is 11.5 Å². The molecular formula is C17H19N5OS. The van der Waals surface area contributed by atoms with Crippen molar-refractivity contribution in [1.82, 2.24) is 24.0 Å². The van der Waals surface area contributed by atoms with Crippen LogP contribution in [0.3, 0.4) is 0 Å². The second-order valence-electron chi connectivity index (χ2n) is 6.22. The maximum atomic E-state index is 13.1. The molecule has 0 N–H and O–H groups in total. The number of hydrogen-bond donors (Lipinski definition) is 0. The van der Waals surface area contributed by atoms with Crippen LogP contribution in [0.2, 0.25) is 0 Å². The molecule has 1 aliphatic heterocycles. The Hall–Kier alpha value is -2.28. The highest BCUT2D eigenvalue weighted by Crippen LogP contribution is 2.24. The number of piperidine rings is 1. The molecular weight excluding hydrogens is 322 g/mol. The number of aryl methyl sites for hydroxylation is 1. The molecule has 124 valence electrons. The van der Waals surface area contributed by atoms with E-state index in [1.54, 1.807) is 12.4 Å². The number of aromatic nitrogens is 4. The number of carbonyl (C=O) groups is 1. The molecule has 1 amide bonds. The third-order valence-electron chi connectivity index (χ3n) is 4.60. The van der Waals surface area contributed by atoms with E-state index >= 15 is 0 Å². The van der Waals surface area contributed by atoms with Crippen molar-refractivity contribution in [2.45, 2.75) is 38.8 Å². The highest BCUT2D eigenvalue weighted by Gasteiger charge is 2.28. The van der Waals surface area contributed by atoms with Crippen molar-refractivity contribution in [3.63, 3.8) is 0 Å². The van der Waals surface area contributed by atoms with Crippen LogP contribution in [0, 0.1) is 6.92 Å². The summed E-state index contributed by atoms with van der Waals surface area (Å²) in [4.78, 5) is 20.3. The van der Waals surface area contributed by atoms with Crippen molar-refractivity contribution < 1.29 is 4.79 Å². The smallest absolute Gasteiger partial charge is 0.255 e. The summed E-state index contributed by atoms with van der Waals surface area (Å²) < 4.78 is 6.22. The summed E-state index contributed by atoms with van der Waals surface area (Å²) in [7, 11) is 0. The van der Waals surface area contributed by atoms with Gasteiger partial charge in [0, 0.05) is 30.5 Å². The predicted octanol–water partition coefficient (Wildman–Crippen LogP) is 2.89. The van der Waals surface area contributed by atoms with Gasteiger partial charge in [-0.05, 0) is 49.9 Å².